The van der Waals surface area contributed by atoms with Crippen LogP contribution in [-0.4, -0.2) is 46.7 Å². The number of nitrogens with zero attached hydrogens (tertiary/aromatic N) is 1. The normalized spacial score (nSPS) is 41.9. The van der Waals surface area contributed by atoms with Crippen LogP contribution in [0.3, 0.4) is 0 Å². The topological polar surface area (TPSA) is 52.6 Å². The summed E-state index contributed by atoms with van der Waals surface area (Å²) in [6.07, 6.45) is 7.41. The van der Waals surface area contributed by atoms with Gasteiger partial charge in [0.05, 0.1) is 0 Å². The SMILES string of the molecule is CC1CC(C)CN(C2CCCC(NC3CC3)(C(=O)O)C2)C1. The minimum absolute atomic E-state index is 0.450. The van der Waals surface area contributed by atoms with Crippen molar-refractivity contribution in [3.63, 3.8) is 0 Å². The maximum absolute atomic E-state index is 11.9. The van der Waals surface area contributed by atoms with Crippen LogP contribution in [-0.2, 0) is 4.79 Å². The van der Waals surface area contributed by atoms with E-state index in [1.54, 1.807) is 0 Å². The molecule has 3 aliphatic rings. The molecule has 4 heteroatoms. The molecular formula is C17H30N2O2. The fourth-order valence-electron chi connectivity index (χ4n) is 4.57. The molecule has 1 saturated heterocycles. The third-order valence-corrected chi connectivity index (χ3v) is 5.61. The molecule has 0 bridgehead atoms. The van der Waals surface area contributed by atoms with Gasteiger partial charge in [-0.1, -0.05) is 13.8 Å². The van der Waals surface area contributed by atoms with E-state index >= 15 is 0 Å². The van der Waals surface area contributed by atoms with Crippen LogP contribution in [0.1, 0.15) is 58.8 Å². The molecule has 4 unspecified atom stereocenters. The first-order valence-electron chi connectivity index (χ1n) is 8.73. The van der Waals surface area contributed by atoms with E-state index in [0.717, 1.165) is 57.0 Å². The van der Waals surface area contributed by atoms with Gasteiger partial charge in [0.15, 0.2) is 0 Å². The van der Waals surface area contributed by atoms with Gasteiger partial charge < -0.3 is 5.11 Å². The van der Waals surface area contributed by atoms with Gasteiger partial charge in [-0.25, -0.2) is 0 Å². The third-order valence-electron chi connectivity index (χ3n) is 5.61. The maximum Gasteiger partial charge on any atom is 0.323 e. The minimum atomic E-state index is -0.659. The van der Waals surface area contributed by atoms with E-state index in [9.17, 15) is 9.90 Å². The Morgan fingerprint density at radius 1 is 1.19 bits per heavy atom. The largest absolute Gasteiger partial charge is 0.480 e. The number of carboxylic acid groups (broad SMARTS) is 1. The highest BCUT2D eigenvalue weighted by atomic mass is 16.4. The van der Waals surface area contributed by atoms with Crippen molar-refractivity contribution in [3.8, 4) is 0 Å². The molecule has 1 heterocycles. The van der Waals surface area contributed by atoms with Crippen molar-refractivity contribution in [3.05, 3.63) is 0 Å². The minimum Gasteiger partial charge on any atom is -0.480 e. The Morgan fingerprint density at radius 3 is 2.43 bits per heavy atom. The summed E-state index contributed by atoms with van der Waals surface area (Å²) in [5.41, 5.74) is -0.659. The van der Waals surface area contributed by atoms with Crippen molar-refractivity contribution in [2.45, 2.75) is 76.4 Å². The van der Waals surface area contributed by atoms with E-state index in [2.05, 4.69) is 24.1 Å². The van der Waals surface area contributed by atoms with Crippen molar-refractivity contribution in [2.24, 2.45) is 11.8 Å². The van der Waals surface area contributed by atoms with Gasteiger partial charge >= 0.3 is 5.97 Å². The average molecular weight is 294 g/mol. The van der Waals surface area contributed by atoms with Crippen molar-refractivity contribution in [2.75, 3.05) is 13.1 Å². The molecule has 0 amide bonds. The lowest BCUT2D eigenvalue weighted by molar-refractivity contribution is -0.148. The number of nitrogens with one attached hydrogen (secondary N) is 1. The van der Waals surface area contributed by atoms with Gasteiger partial charge in [0.2, 0.25) is 0 Å². The van der Waals surface area contributed by atoms with E-state index in [1.165, 1.54) is 12.8 Å². The zero-order valence-electron chi connectivity index (χ0n) is 13.5. The van der Waals surface area contributed by atoms with E-state index in [-0.39, 0.29) is 0 Å². The smallest absolute Gasteiger partial charge is 0.323 e. The second-order valence-corrected chi connectivity index (χ2v) is 7.96. The van der Waals surface area contributed by atoms with Crippen LogP contribution in [0.25, 0.3) is 0 Å². The highest BCUT2D eigenvalue weighted by Gasteiger charge is 2.47. The van der Waals surface area contributed by atoms with Gasteiger partial charge in [-0.15, -0.1) is 0 Å². The number of hydrogen-bond donors (Lipinski definition) is 2. The summed E-state index contributed by atoms with van der Waals surface area (Å²) < 4.78 is 0. The molecule has 4 atom stereocenters. The van der Waals surface area contributed by atoms with E-state index < -0.39 is 11.5 Å². The van der Waals surface area contributed by atoms with Crippen LogP contribution >= 0.6 is 0 Å². The summed E-state index contributed by atoms with van der Waals surface area (Å²) in [6, 6.07) is 0.908. The molecule has 1 aliphatic heterocycles. The summed E-state index contributed by atoms with van der Waals surface area (Å²) in [7, 11) is 0. The molecule has 0 aromatic heterocycles. The Kier molecular flexibility index (Phi) is 4.28. The van der Waals surface area contributed by atoms with Crippen LogP contribution in [0, 0.1) is 11.8 Å². The summed E-state index contributed by atoms with van der Waals surface area (Å²) >= 11 is 0. The van der Waals surface area contributed by atoms with Crippen molar-refractivity contribution >= 4 is 5.97 Å². The first-order valence-corrected chi connectivity index (χ1v) is 8.73. The number of likely N-dealkylation sites (tertiary alicyclic amines) is 1. The highest BCUT2D eigenvalue weighted by molar-refractivity contribution is 5.79. The third kappa shape index (κ3) is 3.42. The molecule has 0 spiro atoms. The predicted octanol–water partition coefficient (Wildman–Crippen LogP) is 2.48. The van der Waals surface area contributed by atoms with Gasteiger partial charge in [-0.05, 0) is 56.8 Å². The molecule has 2 saturated carbocycles. The van der Waals surface area contributed by atoms with Crippen molar-refractivity contribution in [1.29, 1.82) is 0 Å². The molecule has 4 nitrogen and oxygen atoms in total. The summed E-state index contributed by atoms with van der Waals surface area (Å²) in [5.74, 6) is 0.856. The van der Waals surface area contributed by atoms with E-state index in [1.807, 2.05) is 0 Å². The number of rotatable bonds is 4. The first kappa shape index (κ1) is 15.3. The molecule has 21 heavy (non-hydrogen) atoms. The lowest BCUT2D eigenvalue weighted by Crippen LogP contribution is -2.60. The lowest BCUT2D eigenvalue weighted by Gasteiger charge is -2.46. The zero-order chi connectivity index (χ0) is 15.0. The highest BCUT2D eigenvalue weighted by Crippen LogP contribution is 2.36. The first-order chi connectivity index (χ1) is 9.98. The summed E-state index contributed by atoms with van der Waals surface area (Å²) in [4.78, 5) is 14.5. The molecule has 2 N–H and O–H groups in total. The number of aliphatic carboxylic acids is 1. The Balaban J connectivity index is 1.69. The molecular weight excluding hydrogens is 264 g/mol. The second-order valence-electron chi connectivity index (χ2n) is 7.96. The predicted molar refractivity (Wildman–Crippen MR) is 83.3 cm³/mol. The number of hydrogen-bond acceptors (Lipinski definition) is 3. The number of carboxylic acids is 1. The Labute approximate surface area is 128 Å². The van der Waals surface area contributed by atoms with Gasteiger partial charge in [0, 0.05) is 25.2 Å². The molecule has 0 aromatic carbocycles. The Bertz CT molecular complexity index is 386. The molecule has 2 aliphatic carbocycles. The number of piperidine rings is 1. The van der Waals surface area contributed by atoms with Gasteiger partial charge in [0.25, 0.3) is 0 Å². The van der Waals surface area contributed by atoms with Crippen LogP contribution in [0.15, 0.2) is 0 Å². The van der Waals surface area contributed by atoms with Crippen molar-refractivity contribution in [1.82, 2.24) is 10.2 Å². The van der Waals surface area contributed by atoms with Crippen molar-refractivity contribution < 1.29 is 9.90 Å². The fraction of sp³-hybridized carbons (Fsp3) is 0.941. The van der Waals surface area contributed by atoms with Crippen LogP contribution in [0.2, 0.25) is 0 Å². The molecule has 0 aromatic rings. The van der Waals surface area contributed by atoms with E-state index in [4.69, 9.17) is 0 Å². The van der Waals surface area contributed by atoms with E-state index in [0.29, 0.717) is 12.1 Å². The Hall–Kier alpha value is -0.610. The van der Waals surface area contributed by atoms with Crippen LogP contribution < -0.4 is 5.32 Å². The molecule has 120 valence electrons. The maximum atomic E-state index is 11.9. The molecule has 3 rings (SSSR count). The standard InChI is InChI=1S/C17H30N2O2/c1-12-8-13(2)11-19(10-12)15-4-3-7-17(9-15,16(20)21)18-14-5-6-14/h12-15,18H,3-11H2,1-2H3,(H,20,21). The van der Waals surface area contributed by atoms with Gasteiger partial charge in [-0.2, -0.15) is 0 Å². The quantitative estimate of drug-likeness (QED) is 0.836. The zero-order valence-corrected chi connectivity index (χ0v) is 13.5. The lowest BCUT2D eigenvalue weighted by atomic mass is 9.77. The van der Waals surface area contributed by atoms with Gasteiger partial charge in [-0.3, -0.25) is 15.0 Å². The molecule has 0 radical (unpaired) electrons. The average Bonchev–Trinajstić information content (AvgIpc) is 3.21. The summed E-state index contributed by atoms with van der Waals surface area (Å²) in [6.45, 7) is 6.96. The summed E-state index contributed by atoms with van der Waals surface area (Å²) in [5, 5.41) is 13.3. The fourth-order valence-corrected chi connectivity index (χ4v) is 4.57. The Morgan fingerprint density at radius 2 is 1.86 bits per heavy atom. The second kappa shape index (κ2) is 5.88. The van der Waals surface area contributed by atoms with Crippen LogP contribution in [0.4, 0.5) is 0 Å². The monoisotopic (exact) mass is 294 g/mol. The molecule has 3 fully saturated rings. The van der Waals surface area contributed by atoms with Crippen LogP contribution in [0.5, 0.6) is 0 Å². The number of carbonyl (C=O) groups is 1. The van der Waals surface area contributed by atoms with Gasteiger partial charge in [0.1, 0.15) is 5.54 Å².